The molecule has 0 aliphatic carbocycles. The molecule has 2 aliphatic heterocycles. The van der Waals surface area contributed by atoms with E-state index < -0.39 is 0 Å². The van der Waals surface area contributed by atoms with Crippen LogP contribution in [0.15, 0.2) is 30.3 Å². The lowest BCUT2D eigenvalue weighted by Crippen LogP contribution is -2.77. The summed E-state index contributed by atoms with van der Waals surface area (Å²) in [5.74, 6) is 0.768. The van der Waals surface area contributed by atoms with Gasteiger partial charge in [0.05, 0.1) is 12.6 Å². The van der Waals surface area contributed by atoms with Crippen molar-refractivity contribution in [2.24, 2.45) is 5.41 Å². The maximum atomic E-state index is 12.2. The first-order valence-electron chi connectivity index (χ1n) is 6.66. The fourth-order valence-corrected chi connectivity index (χ4v) is 2.94. The van der Waals surface area contributed by atoms with E-state index in [-0.39, 0.29) is 29.7 Å². The number of carbonyl (C=O) groups excluding carboxylic acids is 1. The van der Waals surface area contributed by atoms with E-state index in [0.717, 1.165) is 5.75 Å². The lowest BCUT2D eigenvalue weighted by atomic mass is 9.74. The molecule has 4 heteroatoms. The summed E-state index contributed by atoms with van der Waals surface area (Å²) in [4.78, 5) is 14.0. The summed E-state index contributed by atoms with van der Waals surface area (Å²) in [6.07, 6.45) is -0.537. The van der Waals surface area contributed by atoms with Crippen molar-refractivity contribution in [3.63, 3.8) is 0 Å². The highest BCUT2D eigenvalue weighted by Crippen LogP contribution is 2.42. The Bertz CT molecular complexity index is 485. The Hall–Kier alpha value is -1.55. The second kappa shape index (κ2) is 4.23. The third kappa shape index (κ3) is 1.91. The first-order chi connectivity index (χ1) is 9.00. The average Bonchev–Trinajstić information content (AvgIpc) is 2.39. The van der Waals surface area contributed by atoms with Crippen LogP contribution in [-0.2, 0) is 9.53 Å². The quantitative estimate of drug-likeness (QED) is 0.765. The van der Waals surface area contributed by atoms with E-state index in [9.17, 15) is 4.79 Å². The number of nitrogens with zero attached hydrogens (tertiary/aromatic N) is 1. The Balaban J connectivity index is 1.82. The van der Waals surface area contributed by atoms with E-state index in [0.29, 0.717) is 6.61 Å². The van der Waals surface area contributed by atoms with Crippen LogP contribution < -0.4 is 4.74 Å². The standard InChI is InChI=1S/C15H19NO3/c1-10-16-13(15(2,3)9-18-10)12(14(16)17)19-11-7-5-4-6-8-11/h4-8,10,12-13H,9H2,1-3H3/t10-,12-,13+/m0/s1. The molecular weight excluding hydrogens is 242 g/mol. The van der Waals surface area contributed by atoms with Gasteiger partial charge in [0.25, 0.3) is 5.91 Å². The predicted molar refractivity (Wildman–Crippen MR) is 70.7 cm³/mol. The first kappa shape index (κ1) is 12.5. The van der Waals surface area contributed by atoms with Crippen molar-refractivity contribution in [1.82, 2.24) is 4.90 Å². The molecule has 4 nitrogen and oxygen atoms in total. The highest BCUT2D eigenvalue weighted by molar-refractivity contribution is 5.89. The van der Waals surface area contributed by atoms with Crippen LogP contribution in [0.4, 0.5) is 0 Å². The molecule has 2 fully saturated rings. The van der Waals surface area contributed by atoms with E-state index in [1.165, 1.54) is 0 Å². The van der Waals surface area contributed by atoms with Crippen molar-refractivity contribution in [2.45, 2.75) is 39.1 Å². The molecule has 2 heterocycles. The van der Waals surface area contributed by atoms with Gasteiger partial charge >= 0.3 is 0 Å². The Kier molecular flexibility index (Phi) is 2.78. The smallest absolute Gasteiger partial charge is 0.268 e. The van der Waals surface area contributed by atoms with Gasteiger partial charge in [-0.25, -0.2) is 0 Å². The summed E-state index contributed by atoms with van der Waals surface area (Å²) in [7, 11) is 0. The van der Waals surface area contributed by atoms with Gasteiger partial charge in [-0.05, 0) is 19.1 Å². The van der Waals surface area contributed by atoms with Crippen molar-refractivity contribution in [2.75, 3.05) is 6.61 Å². The molecule has 3 rings (SSSR count). The number of amides is 1. The minimum atomic E-state index is -0.385. The van der Waals surface area contributed by atoms with E-state index in [4.69, 9.17) is 9.47 Å². The molecule has 0 N–H and O–H groups in total. The Labute approximate surface area is 113 Å². The van der Waals surface area contributed by atoms with Crippen molar-refractivity contribution in [1.29, 1.82) is 0 Å². The second-order valence-corrected chi connectivity index (χ2v) is 5.94. The Morgan fingerprint density at radius 3 is 2.68 bits per heavy atom. The zero-order valence-corrected chi connectivity index (χ0v) is 11.5. The van der Waals surface area contributed by atoms with Crippen LogP contribution >= 0.6 is 0 Å². The molecule has 1 aromatic rings. The molecule has 0 aromatic heterocycles. The molecule has 0 unspecified atom stereocenters. The van der Waals surface area contributed by atoms with Gasteiger partial charge in [0, 0.05) is 5.41 Å². The normalized spacial score (nSPS) is 32.5. The first-order valence-corrected chi connectivity index (χ1v) is 6.66. The molecule has 1 aromatic carbocycles. The largest absolute Gasteiger partial charge is 0.478 e. The third-order valence-corrected chi connectivity index (χ3v) is 3.98. The van der Waals surface area contributed by atoms with Gasteiger partial charge in [-0.2, -0.15) is 0 Å². The van der Waals surface area contributed by atoms with Crippen LogP contribution in [0.1, 0.15) is 20.8 Å². The number of hydrogen-bond acceptors (Lipinski definition) is 3. The molecule has 2 aliphatic rings. The molecule has 2 saturated heterocycles. The summed E-state index contributed by atoms with van der Waals surface area (Å²) in [6, 6.07) is 9.60. The SMILES string of the molecule is C[C@@H]1OCC(C)(C)[C@H]2[C@H](Oc3ccccc3)C(=O)N12. The van der Waals surface area contributed by atoms with Crippen molar-refractivity contribution < 1.29 is 14.3 Å². The second-order valence-electron chi connectivity index (χ2n) is 5.94. The van der Waals surface area contributed by atoms with Crippen LogP contribution in [0.3, 0.4) is 0 Å². The molecule has 3 atom stereocenters. The highest BCUT2D eigenvalue weighted by Gasteiger charge is 2.60. The topological polar surface area (TPSA) is 38.8 Å². The van der Waals surface area contributed by atoms with Crippen LogP contribution in [0.2, 0.25) is 0 Å². The van der Waals surface area contributed by atoms with Gasteiger partial charge in [0.15, 0.2) is 6.10 Å². The van der Waals surface area contributed by atoms with Gasteiger partial charge in [-0.3, -0.25) is 4.79 Å². The molecular formula is C15H19NO3. The Morgan fingerprint density at radius 1 is 1.32 bits per heavy atom. The maximum Gasteiger partial charge on any atom is 0.268 e. The number of carbonyl (C=O) groups is 1. The fourth-order valence-electron chi connectivity index (χ4n) is 2.94. The average molecular weight is 261 g/mol. The van der Waals surface area contributed by atoms with Crippen molar-refractivity contribution in [3.05, 3.63) is 30.3 Å². The van der Waals surface area contributed by atoms with Gasteiger partial charge in [-0.1, -0.05) is 32.0 Å². The molecule has 0 spiro atoms. The van der Waals surface area contributed by atoms with Crippen LogP contribution in [0.5, 0.6) is 5.75 Å². The van der Waals surface area contributed by atoms with E-state index in [1.807, 2.05) is 37.3 Å². The van der Waals surface area contributed by atoms with Crippen molar-refractivity contribution >= 4 is 5.91 Å². The van der Waals surface area contributed by atoms with Crippen LogP contribution in [0, 0.1) is 5.41 Å². The molecule has 102 valence electrons. The summed E-state index contributed by atoms with van der Waals surface area (Å²) in [5.41, 5.74) is -0.0835. The van der Waals surface area contributed by atoms with Gasteiger partial charge in [-0.15, -0.1) is 0 Å². The minimum Gasteiger partial charge on any atom is -0.478 e. The number of para-hydroxylation sites is 1. The Morgan fingerprint density at radius 2 is 2.00 bits per heavy atom. The monoisotopic (exact) mass is 261 g/mol. The summed E-state index contributed by atoms with van der Waals surface area (Å²) in [6.45, 7) is 6.80. The lowest BCUT2D eigenvalue weighted by molar-refractivity contribution is -0.236. The fraction of sp³-hybridized carbons (Fsp3) is 0.533. The van der Waals surface area contributed by atoms with E-state index >= 15 is 0 Å². The predicted octanol–water partition coefficient (Wildman–Crippen LogP) is 2.05. The molecule has 0 bridgehead atoms. The molecule has 1 amide bonds. The van der Waals surface area contributed by atoms with Gasteiger partial charge in [0.1, 0.15) is 12.0 Å². The number of ether oxygens (including phenoxy) is 2. The number of rotatable bonds is 2. The molecule has 0 radical (unpaired) electrons. The molecule has 19 heavy (non-hydrogen) atoms. The number of β-lactam (4-membered cyclic amide) rings is 1. The van der Waals surface area contributed by atoms with Crippen molar-refractivity contribution in [3.8, 4) is 5.75 Å². The number of benzene rings is 1. The third-order valence-electron chi connectivity index (χ3n) is 3.98. The maximum absolute atomic E-state index is 12.2. The van der Waals surface area contributed by atoms with Crippen LogP contribution in [-0.4, -0.2) is 35.8 Å². The minimum absolute atomic E-state index is 0.0223. The van der Waals surface area contributed by atoms with E-state index in [1.54, 1.807) is 4.90 Å². The zero-order valence-electron chi connectivity index (χ0n) is 11.5. The van der Waals surface area contributed by atoms with Gasteiger partial charge < -0.3 is 14.4 Å². The zero-order chi connectivity index (χ0) is 13.6. The summed E-state index contributed by atoms with van der Waals surface area (Å²) < 4.78 is 11.5. The van der Waals surface area contributed by atoms with E-state index in [2.05, 4.69) is 13.8 Å². The highest BCUT2D eigenvalue weighted by atomic mass is 16.5. The molecule has 0 saturated carbocycles. The summed E-state index contributed by atoms with van der Waals surface area (Å²) >= 11 is 0. The summed E-state index contributed by atoms with van der Waals surface area (Å²) in [5, 5.41) is 0. The van der Waals surface area contributed by atoms with Gasteiger partial charge in [0.2, 0.25) is 0 Å². The number of hydrogen-bond donors (Lipinski definition) is 0. The number of fused-ring (bicyclic) bond motifs is 1. The van der Waals surface area contributed by atoms with Crippen LogP contribution in [0.25, 0.3) is 0 Å². The lowest BCUT2D eigenvalue weighted by Gasteiger charge is -2.58.